The van der Waals surface area contributed by atoms with E-state index in [2.05, 4.69) is 20.8 Å². The van der Waals surface area contributed by atoms with E-state index in [4.69, 9.17) is 9.47 Å². The van der Waals surface area contributed by atoms with Crippen molar-refractivity contribution in [3.05, 3.63) is 0 Å². The molecule has 0 aromatic carbocycles. The zero-order valence-corrected chi connectivity index (χ0v) is 7.46. The van der Waals surface area contributed by atoms with Crippen molar-refractivity contribution in [2.45, 2.75) is 51.6 Å². The molecule has 0 bridgehead atoms. The second-order valence-electron chi connectivity index (χ2n) is 3.94. The Labute approximate surface area is 67.9 Å². The first kappa shape index (κ1) is 7.56. The van der Waals surface area contributed by atoms with Gasteiger partial charge in [-0.05, 0) is 33.6 Å². The second-order valence-corrected chi connectivity index (χ2v) is 3.94. The van der Waals surface area contributed by atoms with Gasteiger partial charge in [0.05, 0.1) is 12.2 Å². The highest BCUT2D eigenvalue weighted by Crippen LogP contribution is 2.46. The van der Waals surface area contributed by atoms with Crippen LogP contribution in [0.25, 0.3) is 0 Å². The van der Waals surface area contributed by atoms with Crippen LogP contribution in [0.5, 0.6) is 0 Å². The van der Waals surface area contributed by atoms with Crippen molar-refractivity contribution < 1.29 is 9.47 Å². The zero-order chi connectivity index (χ0) is 8.06. The fourth-order valence-corrected chi connectivity index (χ4v) is 1.76. The minimum Gasteiger partial charge on any atom is -0.344 e. The van der Waals surface area contributed by atoms with E-state index < -0.39 is 0 Å². The average molecular weight is 156 g/mol. The van der Waals surface area contributed by atoms with Gasteiger partial charge >= 0.3 is 0 Å². The molecule has 1 heterocycles. The maximum Gasteiger partial charge on any atom is 0.169 e. The molecule has 0 radical (unpaired) electrons. The summed E-state index contributed by atoms with van der Waals surface area (Å²) >= 11 is 0. The fourth-order valence-electron chi connectivity index (χ4n) is 1.76. The van der Waals surface area contributed by atoms with Gasteiger partial charge in [0.25, 0.3) is 0 Å². The maximum atomic E-state index is 5.76. The third-order valence-corrected chi connectivity index (χ3v) is 2.82. The monoisotopic (exact) mass is 156 g/mol. The van der Waals surface area contributed by atoms with E-state index in [1.54, 1.807) is 0 Å². The van der Waals surface area contributed by atoms with Gasteiger partial charge in [-0.15, -0.1) is 0 Å². The van der Waals surface area contributed by atoms with Gasteiger partial charge in [0.2, 0.25) is 0 Å². The van der Waals surface area contributed by atoms with Crippen molar-refractivity contribution in [3.8, 4) is 0 Å². The summed E-state index contributed by atoms with van der Waals surface area (Å²) in [4.78, 5) is 0. The van der Waals surface area contributed by atoms with E-state index in [1.807, 2.05) is 0 Å². The standard InChI is InChI=1S/C9H16O2/c1-6-7(2)11-9(3,10-6)8-4-5-8/h6-8H,4-5H2,1-3H3/t6-,7-/m0/s1. The first-order valence-corrected chi connectivity index (χ1v) is 4.47. The first-order valence-electron chi connectivity index (χ1n) is 4.47. The largest absolute Gasteiger partial charge is 0.344 e. The molecule has 11 heavy (non-hydrogen) atoms. The summed E-state index contributed by atoms with van der Waals surface area (Å²) in [5.41, 5.74) is 0. The van der Waals surface area contributed by atoms with Crippen LogP contribution < -0.4 is 0 Å². The van der Waals surface area contributed by atoms with E-state index in [1.165, 1.54) is 12.8 Å². The Balaban J connectivity index is 2.05. The molecule has 1 saturated heterocycles. The molecule has 0 N–H and O–H groups in total. The van der Waals surface area contributed by atoms with Crippen LogP contribution in [-0.4, -0.2) is 18.0 Å². The van der Waals surface area contributed by atoms with Crippen LogP contribution >= 0.6 is 0 Å². The normalized spacial score (nSPS) is 42.8. The summed E-state index contributed by atoms with van der Waals surface area (Å²) in [6, 6.07) is 0. The Kier molecular flexibility index (Phi) is 1.52. The summed E-state index contributed by atoms with van der Waals surface area (Å²) < 4.78 is 11.5. The number of hydrogen-bond acceptors (Lipinski definition) is 2. The molecule has 1 saturated carbocycles. The van der Waals surface area contributed by atoms with E-state index in [0.717, 1.165) is 0 Å². The zero-order valence-electron chi connectivity index (χ0n) is 7.46. The molecule has 2 heteroatoms. The van der Waals surface area contributed by atoms with Crippen LogP contribution in [0.1, 0.15) is 33.6 Å². The highest BCUT2D eigenvalue weighted by atomic mass is 16.8. The lowest BCUT2D eigenvalue weighted by Crippen LogP contribution is -2.29. The molecule has 2 nitrogen and oxygen atoms in total. The first-order chi connectivity index (χ1) is 5.12. The predicted octanol–water partition coefficient (Wildman–Crippen LogP) is 1.94. The average Bonchev–Trinajstić information content (AvgIpc) is 2.64. The van der Waals surface area contributed by atoms with Gasteiger partial charge in [-0.3, -0.25) is 0 Å². The molecule has 0 unspecified atom stereocenters. The molecule has 2 atom stereocenters. The van der Waals surface area contributed by atoms with Gasteiger partial charge in [-0.25, -0.2) is 0 Å². The van der Waals surface area contributed by atoms with Crippen LogP contribution in [-0.2, 0) is 9.47 Å². The highest BCUT2D eigenvalue weighted by molar-refractivity contribution is 4.91. The third kappa shape index (κ3) is 1.18. The fraction of sp³-hybridized carbons (Fsp3) is 1.00. The van der Waals surface area contributed by atoms with Gasteiger partial charge in [0.1, 0.15) is 0 Å². The van der Waals surface area contributed by atoms with E-state index in [0.29, 0.717) is 5.92 Å². The molecule has 0 aromatic rings. The maximum absolute atomic E-state index is 5.76. The lowest BCUT2D eigenvalue weighted by Gasteiger charge is -2.22. The van der Waals surface area contributed by atoms with E-state index in [9.17, 15) is 0 Å². The van der Waals surface area contributed by atoms with Crippen molar-refractivity contribution in [2.24, 2.45) is 5.92 Å². The summed E-state index contributed by atoms with van der Waals surface area (Å²) in [6.45, 7) is 6.24. The second kappa shape index (κ2) is 2.20. The van der Waals surface area contributed by atoms with Crippen molar-refractivity contribution in [2.75, 3.05) is 0 Å². The molecular formula is C9H16O2. The lowest BCUT2D eigenvalue weighted by molar-refractivity contribution is -0.173. The Morgan fingerprint density at radius 3 is 1.91 bits per heavy atom. The van der Waals surface area contributed by atoms with Crippen LogP contribution in [0, 0.1) is 5.92 Å². The molecule has 0 aromatic heterocycles. The van der Waals surface area contributed by atoms with Crippen LogP contribution in [0.3, 0.4) is 0 Å². The minimum atomic E-state index is -0.251. The molecular weight excluding hydrogens is 140 g/mol. The molecule has 2 rings (SSSR count). The van der Waals surface area contributed by atoms with E-state index in [-0.39, 0.29) is 18.0 Å². The molecule has 0 spiro atoms. The minimum absolute atomic E-state index is 0.251. The van der Waals surface area contributed by atoms with Gasteiger partial charge in [0.15, 0.2) is 5.79 Å². The van der Waals surface area contributed by atoms with Crippen LogP contribution in [0.15, 0.2) is 0 Å². The van der Waals surface area contributed by atoms with Crippen molar-refractivity contribution >= 4 is 0 Å². The van der Waals surface area contributed by atoms with Crippen molar-refractivity contribution in [1.82, 2.24) is 0 Å². The Bertz CT molecular complexity index is 153. The predicted molar refractivity (Wildman–Crippen MR) is 42.2 cm³/mol. The summed E-state index contributed by atoms with van der Waals surface area (Å²) in [5, 5.41) is 0. The van der Waals surface area contributed by atoms with E-state index >= 15 is 0 Å². The SMILES string of the molecule is C[C@@H]1OC(C)(C2CC2)O[C@H]1C. The molecule has 64 valence electrons. The third-order valence-electron chi connectivity index (χ3n) is 2.82. The summed E-state index contributed by atoms with van der Waals surface area (Å²) in [5.74, 6) is 0.411. The molecule has 2 aliphatic rings. The van der Waals surface area contributed by atoms with Crippen LogP contribution in [0.2, 0.25) is 0 Å². The summed E-state index contributed by atoms with van der Waals surface area (Å²) in [6.07, 6.45) is 3.08. The number of hydrogen-bond donors (Lipinski definition) is 0. The molecule has 1 aliphatic carbocycles. The Hall–Kier alpha value is -0.0800. The molecule has 1 aliphatic heterocycles. The lowest BCUT2D eigenvalue weighted by atomic mass is 10.2. The smallest absolute Gasteiger partial charge is 0.169 e. The summed E-state index contributed by atoms with van der Waals surface area (Å²) in [7, 11) is 0. The van der Waals surface area contributed by atoms with Gasteiger partial charge in [-0.2, -0.15) is 0 Å². The highest BCUT2D eigenvalue weighted by Gasteiger charge is 2.50. The quantitative estimate of drug-likeness (QED) is 0.577. The van der Waals surface area contributed by atoms with Crippen molar-refractivity contribution in [1.29, 1.82) is 0 Å². The molecule has 0 amide bonds. The van der Waals surface area contributed by atoms with Gasteiger partial charge < -0.3 is 9.47 Å². The van der Waals surface area contributed by atoms with Gasteiger partial charge in [0, 0.05) is 5.92 Å². The van der Waals surface area contributed by atoms with Crippen LogP contribution in [0.4, 0.5) is 0 Å². The van der Waals surface area contributed by atoms with Crippen molar-refractivity contribution in [3.63, 3.8) is 0 Å². The molecule has 2 fully saturated rings. The Morgan fingerprint density at radius 1 is 1.09 bits per heavy atom. The number of ether oxygens (including phenoxy) is 2. The Morgan fingerprint density at radius 2 is 1.55 bits per heavy atom. The van der Waals surface area contributed by atoms with Gasteiger partial charge in [-0.1, -0.05) is 0 Å². The number of rotatable bonds is 1. The topological polar surface area (TPSA) is 18.5 Å².